The SMILES string of the molecule is CN(C)C(C)(C)CC(C)(C)C=O. The van der Waals surface area contributed by atoms with Crippen LogP contribution in [-0.4, -0.2) is 30.8 Å². The zero-order chi connectivity index (χ0) is 9.99. The summed E-state index contributed by atoms with van der Waals surface area (Å²) in [5, 5.41) is 0. The van der Waals surface area contributed by atoms with Crippen LogP contribution in [0.5, 0.6) is 0 Å². The predicted molar refractivity (Wildman–Crippen MR) is 52.2 cm³/mol. The van der Waals surface area contributed by atoms with Gasteiger partial charge >= 0.3 is 0 Å². The van der Waals surface area contributed by atoms with Crippen LogP contribution in [0.15, 0.2) is 0 Å². The number of carbonyl (C=O) groups is 1. The van der Waals surface area contributed by atoms with Gasteiger partial charge in [-0.15, -0.1) is 0 Å². The van der Waals surface area contributed by atoms with E-state index in [4.69, 9.17) is 0 Å². The fourth-order valence-corrected chi connectivity index (χ4v) is 1.31. The molecule has 0 amide bonds. The van der Waals surface area contributed by atoms with E-state index in [0.717, 1.165) is 12.7 Å². The third-order valence-electron chi connectivity index (χ3n) is 2.42. The lowest BCUT2D eigenvalue weighted by atomic mass is 9.81. The van der Waals surface area contributed by atoms with E-state index in [1.165, 1.54) is 0 Å². The minimum Gasteiger partial charge on any atom is -0.304 e. The summed E-state index contributed by atoms with van der Waals surface area (Å²) in [6.45, 7) is 8.26. The van der Waals surface area contributed by atoms with Gasteiger partial charge in [0.25, 0.3) is 0 Å². The third-order valence-corrected chi connectivity index (χ3v) is 2.42. The maximum Gasteiger partial charge on any atom is 0.125 e. The highest BCUT2D eigenvalue weighted by molar-refractivity contribution is 5.58. The van der Waals surface area contributed by atoms with E-state index >= 15 is 0 Å². The van der Waals surface area contributed by atoms with Crippen molar-refractivity contribution in [2.45, 2.75) is 39.7 Å². The minimum atomic E-state index is -0.215. The lowest BCUT2D eigenvalue weighted by Gasteiger charge is -2.37. The number of aldehydes is 1. The first-order chi connectivity index (χ1) is 5.21. The molecular weight excluding hydrogens is 150 g/mol. The second-order valence-corrected chi connectivity index (χ2v) is 4.99. The number of carbonyl (C=O) groups excluding carboxylic acids is 1. The van der Waals surface area contributed by atoms with Gasteiger partial charge in [-0.25, -0.2) is 0 Å². The second kappa shape index (κ2) is 3.56. The molecule has 0 rings (SSSR count). The van der Waals surface area contributed by atoms with Gasteiger partial charge in [0.05, 0.1) is 0 Å². The van der Waals surface area contributed by atoms with Gasteiger partial charge in [0.1, 0.15) is 6.29 Å². The molecule has 0 bridgehead atoms. The van der Waals surface area contributed by atoms with E-state index in [2.05, 4.69) is 18.7 Å². The molecule has 0 saturated carbocycles. The van der Waals surface area contributed by atoms with Gasteiger partial charge < -0.3 is 9.69 Å². The summed E-state index contributed by atoms with van der Waals surface area (Å²) in [5.41, 5.74) is -0.127. The van der Waals surface area contributed by atoms with Crippen LogP contribution in [0, 0.1) is 5.41 Å². The first-order valence-corrected chi connectivity index (χ1v) is 4.35. The molecular formula is C10H21NO. The largest absolute Gasteiger partial charge is 0.304 e. The van der Waals surface area contributed by atoms with Gasteiger partial charge in [0.15, 0.2) is 0 Å². The minimum absolute atomic E-state index is 0.0877. The molecule has 0 N–H and O–H groups in total. The highest BCUT2D eigenvalue weighted by Gasteiger charge is 2.29. The van der Waals surface area contributed by atoms with Crippen molar-refractivity contribution in [2.24, 2.45) is 5.41 Å². The summed E-state index contributed by atoms with van der Waals surface area (Å²) >= 11 is 0. The van der Waals surface area contributed by atoms with Gasteiger partial charge in [0.2, 0.25) is 0 Å². The summed E-state index contributed by atoms with van der Waals surface area (Å²) in [7, 11) is 4.09. The molecule has 0 aliphatic rings. The van der Waals surface area contributed by atoms with E-state index in [1.54, 1.807) is 0 Å². The first kappa shape index (κ1) is 11.6. The Morgan fingerprint density at radius 1 is 1.17 bits per heavy atom. The van der Waals surface area contributed by atoms with Crippen molar-refractivity contribution in [1.29, 1.82) is 0 Å². The van der Waals surface area contributed by atoms with E-state index in [-0.39, 0.29) is 11.0 Å². The van der Waals surface area contributed by atoms with Crippen LogP contribution in [0.3, 0.4) is 0 Å². The molecule has 12 heavy (non-hydrogen) atoms. The zero-order valence-corrected chi connectivity index (χ0v) is 9.14. The average Bonchev–Trinajstić information content (AvgIpc) is 1.85. The molecule has 0 radical (unpaired) electrons. The molecule has 0 heterocycles. The Morgan fingerprint density at radius 3 is 1.83 bits per heavy atom. The summed E-state index contributed by atoms with van der Waals surface area (Å²) in [5.74, 6) is 0. The monoisotopic (exact) mass is 171 g/mol. The first-order valence-electron chi connectivity index (χ1n) is 4.35. The number of rotatable bonds is 4. The third kappa shape index (κ3) is 3.35. The fourth-order valence-electron chi connectivity index (χ4n) is 1.31. The molecule has 0 spiro atoms. The van der Waals surface area contributed by atoms with Crippen molar-refractivity contribution >= 4 is 6.29 Å². The Kier molecular flexibility index (Phi) is 3.45. The summed E-state index contributed by atoms with van der Waals surface area (Å²) in [6, 6.07) is 0. The van der Waals surface area contributed by atoms with Gasteiger partial charge in [-0.3, -0.25) is 0 Å². The highest BCUT2D eigenvalue weighted by atomic mass is 16.1. The predicted octanol–water partition coefficient (Wildman–Crippen LogP) is 1.94. The zero-order valence-electron chi connectivity index (χ0n) is 9.14. The van der Waals surface area contributed by atoms with Crippen LogP contribution in [0.25, 0.3) is 0 Å². The van der Waals surface area contributed by atoms with Crippen molar-refractivity contribution in [2.75, 3.05) is 14.1 Å². The van der Waals surface area contributed by atoms with Crippen LogP contribution in [0.1, 0.15) is 34.1 Å². The lowest BCUT2D eigenvalue weighted by Crippen LogP contribution is -2.42. The normalized spacial score (nSPS) is 13.6. The topological polar surface area (TPSA) is 20.3 Å². The molecule has 0 aromatic rings. The van der Waals surface area contributed by atoms with Gasteiger partial charge in [-0.1, -0.05) is 13.8 Å². The maximum absolute atomic E-state index is 10.7. The van der Waals surface area contributed by atoms with Crippen LogP contribution in [0.2, 0.25) is 0 Å². The fraction of sp³-hybridized carbons (Fsp3) is 0.900. The maximum atomic E-state index is 10.7. The van der Waals surface area contributed by atoms with Crippen molar-refractivity contribution in [1.82, 2.24) is 4.90 Å². The molecule has 0 fully saturated rings. The number of hydrogen-bond acceptors (Lipinski definition) is 2. The molecule has 0 aromatic heterocycles. The second-order valence-electron chi connectivity index (χ2n) is 4.99. The molecule has 0 aromatic carbocycles. The Hall–Kier alpha value is -0.370. The van der Waals surface area contributed by atoms with Gasteiger partial charge in [-0.2, -0.15) is 0 Å². The molecule has 0 unspecified atom stereocenters. The van der Waals surface area contributed by atoms with E-state index in [9.17, 15) is 4.79 Å². The molecule has 0 saturated heterocycles. The Morgan fingerprint density at radius 2 is 1.58 bits per heavy atom. The summed E-state index contributed by atoms with van der Waals surface area (Å²) in [4.78, 5) is 12.9. The highest BCUT2D eigenvalue weighted by Crippen LogP contribution is 2.28. The van der Waals surface area contributed by atoms with Crippen LogP contribution >= 0.6 is 0 Å². The summed E-state index contributed by atoms with van der Waals surface area (Å²) < 4.78 is 0. The summed E-state index contributed by atoms with van der Waals surface area (Å²) in [6.07, 6.45) is 1.93. The number of hydrogen-bond donors (Lipinski definition) is 0. The Labute approximate surface area is 75.9 Å². The quantitative estimate of drug-likeness (QED) is 0.602. The molecule has 2 nitrogen and oxygen atoms in total. The molecule has 72 valence electrons. The lowest BCUT2D eigenvalue weighted by molar-refractivity contribution is -0.116. The van der Waals surface area contributed by atoms with E-state index in [0.29, 0.717) is 0 Å². The Balaban J connectivity index is 4.33. The molecule has 0 aliphatic carbocycles. The van der Waals surface area contributed by atoms with Crippen molar-refractivity contribution in [3.63, 3.8) is 0 Å². The number of nitrogens with zero attached hydrogens (tertiary/aromatic N) is 1. The van der Waals surface area contributed by atoms with Crippen LogP contribution in [0.4, 0.5) is 0 Å². The average molecular weight is 171 g/mol. The van der Waals surface area contributed by atoms with Crippen molar-refractivity contribution in [3.05, 3.63) is 0 Å². The van der Waals surface area contributed by atoms with Gasteiger partial charge in [-0.05, 0) is 34.4 Å². The van der Waals surface area contributed by atoms with E-state index in [1.807, 2.05) is 27.9 Å². The van der Waals surface area contributed by atoms with Crippen LogP contribution in [-0.2, 0) is 4.79 Å². The van der Waals surface area contributed by atoms with Crippen LogP contribution < -0.4 is 0 Å². The van der Waals surface area contributed by atoms with Crippen molar-refractivity contribution in [3.8, 4) is 0 Å². The molecule has 0 atom stereocenters. The standard InChI is InChI=1S/C10H21NO/c1-9(2,8-12)7-10(3,4)11(5)6/h8H,7H2,1-6H3. The van der Waals surface area contributed by atoms with Gasteiger partial charge in [0, 0.05) is 11.0 Å². The smallest absolute Gasteiger partial charge is 0.125 e. The molecule has 0 aliphatic heterocycles. The molecule has 2 heteroatoms. The van der Waals surface area contributed by atoms with Crippen molar-refractivity contribution < 1.29 is 4.79 Å². The van der Waals surface area contributed by atoms with E-state index < -0.39 is 0 Å². The Bertz CT molecular complexity index is 159.